The van der Waals surface area contributed by atoms with Crippen LogP contribution in [0.2, 0.25) is 0 Å². The summed E-state index contributed by atoms with van der Waals surface area (Å²) < 4.78 is 52.1. The van der Waals surface area contributed by atoms with Crippen molar-refractivity contribution in [1.82, 2.24) is 4.90 Å². The molecular weight excluding hydrogens is 847 g/mol. The molecule has 0 amide bonds. The van der Waals surface area contributed by atoms with Crippen molar-refractivity contribution in [2.45, 2.75) is 182 Å². The first-order chi connectivity index (χ1) is 31.1. The molecule has 5 rings (SSSR count). The van der Waals surface area contributed by atoms with Crippen molar-refractivity contribution in [2.75, 3.05) is 14.1 Å². The van der Waals surface area contributed by atoms with Crippen LogP contribution in [0.4, 0.5) is 0 Å². The predicted molar refractivity (Wildman–Crippen MR) is 247 cm³/mol. The summed E-state index contributed by atoms with van der Waals surface area (Å²) in [6.07, 6.45) is -5.55. The van der Waals surface area contributed by atoms with Crippen LogP contribution in [0, 0.1) is 35.5 Å². The summed E-state index contributed by atoms with van der Waals surface area (Å²) in [5, 5.41) is 11.0. The number of rotatable bonds is 12. The third-order valence-corrected chi connectivity index (χ3v) is 13.6. The number of hydrogen-bond donors (Lipinski definition) is 1. The van der Waals surface area contributed by atoms with E-state index in [2.05, 4.69) is 6.92 Å². The summed E-state index contributed by atoms with van der Waals surface area (Å²) >= 11 is 0. The Labute approximate surface area is 392 Å². The number of hydrogen-bond acceptors (Lipinski definition) is 14. The molecule has 2 aromatic carbocycles. The summed E-state index contributed by atoms with van der Waals surface area (Å²) in [6, 6.07) is 17.3. The first-order valence-electron chi connectivity index (χ1n) is 24.0. The Morgan fingerprint density at radius 3 is 1.77 bits per heavy atom. The average Bonchev–Trinajstić information content (AvgIpc) is 3.26. The van der Waals surface area contributed by atoms with Crippen LogP contribution >= 0.6 is 0 Å². The highest BCUT2D eigenvalue weighted by Crippen LogP contribution is 2.40. The number of carbonyl (C=O) groups is 4. The molecule has 10 unspecified atom stereocenters. The molecule has 3 saturated heterocycles. The lowest BCUT2D eigenvalue weighted by molar-refractivity contribution is -0.295. The average molecular weight is 924 g/mol. The molecule has 0 saturated carbocycles. The van der Waals surface area contributed by atoms with Gasteiger partial charge in [-0.05, 0) is 110 Å². The number of Topliss-reactive ketones (excluding diaryl/α,β-unsaturated/α-hetero) is 1. The lowest BCUT2D eigenvalue weighted by atomic mass is 9.77. The summed E-state index contributed by atoms with van der Waals surface area (Å²) in [5.74, 6) is -5.84. The molecule has 0 spiro atoms. The Morgan fingerprint density at radius 1 is 0.697 bits per heavy atom. The number of cyclic esters (lactones) is 1. The van der Waals surface area contributed by atoms with Crippen LogP contribution in [0.15, 0.2) is 60.7 Å². The zero-order valence-electron chi connectivity index (χ0n) is 41.4. The highest BCUT2D eigenvalue weighted by Gasteiger charge is 2.49. The SMILES string of the molecule is CCC1OC(=O)C(C)C(O[C@H]2CC(C)[C@@H](OC(=O)c3ccccc3)C(C)O2)C(C)[C@@H](OC2OC(C)CC(N(C)C)[C@H]2OC(=O)c2ccccc2)C(C)C[C@@H](C)[C@H](OC(C)(C)O)[C@H](C)CC1=O. The van der Waals surface area contributed by atoms with E-state index in [1.165, 1.54) is 0 Å². The van der Waals surface area contributed by atoms with E-state index in [-0.39, 0.29) is 54.4 Å². The maximum absolute atomic E-state index is 14.4. The Hall–Kier alpha value is -3.76. The van der Waals surface area contributed by atoms with Crippen molar-refractivity contribution in [1.29, 1.82) is 0 Å². The van der Waals surface area contributed by atoms with Gasteiger partial charge in [0.1, 0.15) is 6.10 Å². The summed E-state index contributed by atoms with van der Waals surface area (Å²) in [5.41, 5.74) is 0.831. The van der Waals surface area contributed by atoms with Crippen LogP contribution in [0.3, 0.4) is 0 Å². The Balaban J connectivity index is 1.55. The first kappa shape index (κ1) is 53.2. The second kappa shape index (κ2) is 23.5. The van der Waals surface area contributed by atoms with Crippen molar-refractivity contribution in [2.24, 2.45) is 35.5 Å². The van der Waals surface area contributed by atoms with E-state index in [9.17, 15) is 24.3 Å². The largest absolute Gasteiger partial charge is 0.456 e. The van der Waals surface area contributed by atoms with E-state index >= 15 is 0 Å². The van der Waals surface area contributed by atoms with Gasteiger partial charge in [-0.25, -0.2) is 9.59 Å². The van der Waals surface area contributed by atoms with E-state index < -0.39 is 90.8 Å². The fourth-order valence-corrected chi connectivity index (χ4v) is 10.2. The van der Waals surface area contributed by atoms with Crippen molar-refractivity contribution in [3.63, 3.8) is 0 Å². The highest BCUT2D eigenvalue weighted by atomic mass is 16.7. The van der Waals surface area contributed by atoms with E-state index in [1.54, 1.807) is 76.2 Å². The molecule has 0 bridgehead atoms. The van der Waals surface area contributed by atoms with Gasteiger partial charge in [0, 0.05) is 24.7 Å². The van der Waals surface area contributed by atoms with E-state index in [0.717, 1.165) is 0 Å². The fraction of sp³-hybridized carbons (Fsp3) is 0.692. The number of ether oxygens (including phenoxy) is 8. The third-order valence-electron chi connectivity index (χ3n) is 13.6. The molecule has 3 fully saturated rings. The van der Waals surface area contributed by atoms with Gasteiger partial charge in [-0.3, -0.25) is 9.59 Å². The van der Waals surface area contributed by atoms with Crippen LogP contribution in [0.5, 0.6) is 0 Å². The number of aliphatic hydroxyl groups is 1. The van der Waals surface area contributed by atoms with E-state index in [1.807, 2.05) is 72.7 Å². The molecule has 14 nitrogen and oxygen atoms in total. The van der Waals surface area contributed by atoms with Crippen LogP contribution in [0.1, 0.15) is 129 Å². The summed E-state index contributed by atoms with van der Waals surface area (Å²) in [6.45, 7) is 20.4. The zero-order chi connectivity index (χ0) is 48.6. The molecule has 3 aliphatic heterocycles. The lowest BCUT2D eigenvalue weighted by Gasteiger charge is -2.47. The minimum absolute atomic E-state index is 0.0613. The molecule has 0 aromatic heterocycles. The minimum Gasteiger partial charge on any atom is -0.456 e. The number of carbonyl (C=O) groups excluding carboxylic acids is 4. The van der Waals surface area contributed by atoms with Crippen LogP contribution in [-0.4, -0.2) is 121 Å². The molecule has 3 aliphatic rings. The summed E-state index contributed by atoms with van der Waals surface area (Å²) in [7, 11) is 3.87. The van der Waals surface area contributed by atoms with E-state index in [0.29, 0.717) is 30.4 Å². The molecule has 3 heterocycles. The second-order valence-corrected chi connectivity index (χ2v) is 20.1. The number of benzene rings is 2. The number of ketones is 1. The molecule has 66 heavy (non-hydrogen) atoms. The van der Waals surface area contributed by atoms with Crippen LogP contribution in [-0.2, 0) is 47.5 Å². The van der Waals surface area contributed by atoms with Crippen LogP contribution in [0.25, 0.3) is 0 Å². The second-order valence-electron chi connectivity index (χ2n) is 20.1. The van der Waals surface area contributed by atoms with Gasteiger partial charge in [0.15, 0.2) is 36.4 Å². The van der Waals surface area contributed by atoms with Crippen molar-refractivity contribution in [3.8, 4) is 0 Å². The molecule has 1 N–H and O–H groups in total. The van der Waals surface area contributed by atoms with Gasteiger partial charge in [0.05, 0.1) is 53.6 Å². The Morgan fingerprint density at radius 2 is 1.24 bits per heavy atom. The van der Waals surface area contributed by atoms with Gasteiger partial charge in [-0.1, -0.05) is 77.9 Å². The number of likely N-dealkylation sites (N-methyl/N-ethyl adjacent to an activating group) is 1. The lowest BCUT2D eigenvalue weighted by Crippen LogP contribution is -2.58. The van der Waals surface area contributed by atoms with Gasteiger partial charge < -0.3 is 47.9 Å². The maximum Gasteiger partial charge on any atom is 0.338 e. The number of esters is 3. The van der Waals surface area contributed by atoms with E-state index in [4.69, 9.17) is 37.9 Å². The minimum atomic E-state index is -1.50. The molecule has 17 atom stereocenters. The Bertz CT molecular complexity index is 1860. The molecule has 2 aromatic rings. The summed E-state index contributed by atoms with van der Waals surface area (Å²) in [4.78, 5) is 57.3. The molecule has 14 heteroatoms. The van der Waals surface area contributed by atoms with Gasteiger partial charge in [0.25, 0.3) is 0 Å². The maximum atomic E-state index is 14.4. The number of nitrogens with zero attached hydrogens (tertiary/aromatic N) is 1. The van der Waals surface area contributed by atoms with Crippen molar-refractivity contribution < 1.29 is 62.2 Å². The first-order valence-corrected chi connectivity index (χ1v) is 24.0. The van der Waals surface area contributed by atoms with Gasteiger partial charge in [-0.2, -0.15) is 0 Å². The molecule has 0 radical (unpaired) electrons. The smallest absolute Gasteiger partial charge is 0.338 e. The highest BCUT2D eigenvalue weighted by molar-refractivity contribution is 5.90. The topological polar surface area (TPSA) is 166 Å². The van der Waals surface area contributed by atoms with Gasteiger partial charge >= 0.3 is 17.9 Å². The van der Waals surface area contributed by atoms with Gasteiger partial charge in [0.2, 0.25) is 0 Å². The van der Waals surface area contributed by atoms with Crippen molar-refractivity contribution in [3.05, 3.63) is 71.8 Å². The standard InChI is InChI=1S/C52H77NO13/c1-14-41-40(54)26-31(4)43(66-52(10,11)58)29(2)25-30(3)44(65-51-47(39(53(12)13)28-33(6)59-51)64-50(57)38-23-19-16-20-24-38)34(7)46(35(8)48(55)61-41)62-42-27-32(5)45(36(9)60-42)63-49(56)37-21-17-15-18-22-37/h15-24,29-36,39,41-47,51,58H,14,25-28H2,1-13H3/t29-,30?,31-,32?,33?,34?,35?,36?,39?,41?,42+,43+,44+,45-,46?,47-,51?/m1/s1. The fourth-order valence-electron chi connectivity index (χ4n) is 10.2. The Kier molecular flexibility index (Phi) is 18.9. The van der Waals surface area contributed by atoms with Gasteiger partial charge in [-0.15, -0.1) is 0 Å². The normalized spacial score (nSPS) is 36.5. The monoisotopic (exact) mass is 924 g/mol. The molecule has 368 valence electrons. The molecular formula is C52H77NO13. The predicted octanol–water partition coefficient (Wildman–Crippen LogP) is 8.02. The van der Waals surface area contributed by atoms with Crippen molar-refractivity contribution >= 4 is 23.7 Å². The zero-order valence-corrected chi connectivity index (χ0v) is 41.4. The third kappa shape index (κ3) is 13.9. The molecule has 0 aliphatic carbocycles. The van der Waals surface area contributed by atoms with Crippen LogP contribution < -0.4 is 0 Å². The quantitative estimate of drug-likeness (QED) is 0.124.